The van der Waals surface area contributed by atoms with Gasteiger partial charge in [0.1, 0.15) is 0 Å². The predicted molar refractivity (Wildman–Crippen MR) is 78.6 cm³/mol. The molecule has 0 aliphatic rings. The summed E-state index contributed by atoms with van der Waals surface area (Å²) in [6, 6.07) is 4.68. The Hall–Kier alpha value is -2.15. The molecule has 0 radical (unpaired) electrons. The number of carbonyl (C=O) groups excluding carboxylic acids is 1. The second-order valence-electron chi connectivity index (χ2n) is 4.53. The maximum absolute atomic E-state index is 11.3. The third kappa shape index (κ3) is 5.03. The molecule has 7 nitrogen and oxygen atoms in total. The molecule has 0 saturated heterocycles. The summed E-state index contributed by atoms with van der Waals surface area (Å²) in [5.41, 5.74) is 1.66. The van der Waals surface area contributed by atoms with Crippen molar-refractivity contribution in [3.63, 3.8) is 0 Å². The molecule has 0 fully saturated rings. The number of hydrogen-bond acceptors (Lipinski definition) is 6. The number of nitro groups is 1. The third-order valence-corrected chi connectivity index (χ3v) is 3.12. The minimum absolute atomic E-state index is 0.0242. The molecule has 1 aromatic rings. The number of rotatable bonds is 8. The lowest BCUT2D eigenvalue weighted by atomic mass is 10.1. The Labute approximate surface area is 123 Å². The van der Waals surface area contributed by atoms with Crippen molar-refractivity contribution in [2.45, 2.75) is 13.3 Å². The van der Waals surface area contributed by atoms with Gasteiger partial charge in [0.2, 0.25) is 0 Å². The zero-order valence-electron chi connectivity index (χ0n) is 12.5. The van der Waals surface area contributed by atoms with Gasteiger partial charge >= 0.3 is 5.97 Å². The fraction of sp³-hybridized carbons (Fsp3) is 0.500. The van der Waals surface area contributed by atoms with Crippen LogP contribution in [0.3, 0.4) is 0 Å². The number of benzene rings is 1. The first-order valence-electron chi connectivity index (χ1n) is 6.55. The van der Waals surface area contributed by atoms with Gasteiger partial charge in [0.25, 0.3) is 5.69 Å². The first-order chi connectivity index (χ1) is 9.99. The van der Waals surface area contributed by atoms with E-state index in [1.807, 2.05) is 11.8 Å². The maximum atomic E-state index is 11.3. The Morgan fingerprint density at radius 2 is 2.05 bits per heavy atom. The number of nitrogens with zero attached hydrogens (tertiary/aromatic N) is 2. The monoisotopic (exact) mass is 296 g/mol. The molecule has 1 aromatic carbocycles. The SMILES string of the molecule is COCCN(CCC(=O)OC)c1cc([N+](=O)[O-])ccc1C. The topological polar surface area (TPSA) is 81.9 Å². The molecule has 0 N–H and O–H groups in total. The van der Waals surface area contributed by atoms with Crippen molar-refractivity contribution >= 4 is 17.3 Å². The maximum Gasteiger partial charge on any atom is 0.307 e. The molecule has 0 bridgehead atoms. The summed E-state index contributed by atoms with van der Waals surface area (Å²) >= 11 is 0. The number of carbonyl (C=O) groups is 1. The van der Waals surface area contributed by atoms with Crippen LogP contribution in [0.5, 0.6) is 0 Å². The number of hydrogen-bond donors (Lipinski definition) is 0. The van der Waals surface area contributed by atoms with Crippen LogP contribution in [0.4, 0.5) is 11.4 Å². The molecule has 0 saturated carbocycles. The van der Waals surface area contributed by atoms with E-state index in [2.05, 4.69) is 4.74 Å². The summed E-state index contributed by atoms with van der Waals surface area (Å²) in [5, 5.41) is 10.9. The fourth-order valence-corrected chi connectivity index (χ4v) is 1.93. The van der Waals surface area contributed by atoms with E-state index in [-0.39, 0.29) is 18.1 Å². The average molecular weight is 296 g/mol. The smallest absolute Gasteiger partial charge is 0.307 e. The second kappa shape index (κ2) is 8.21. The Morgan fingerprint density at radius 1 is 1.33 bits per heavy atom. The summed E-state index contributed by atoms with van der Waals surface area (Å²) in [5.74, 6) is -0.319. The van der Waals surface area contributed by atoms with E-state index in [1.165, 1.54) is 19.2 Å². The zero-order valence-corrected chi connectivity index (χ0v) is 12.5. The van der Waals surface area contributed by atoms with E-state index < -0.39 is 4.92 Å². The predicted octanol–water partition coefficient (Wildman–Crippen LogP) is 1.92. The highest BCUT2D eigenvalue weighted by Crippen LogP contribution is 2.25. The van der Waals surface area contributed by atoms with Gasteiger partial charge in [-0.1, -0.05) is 6.07 Å². The van der Waals surface area contributed by atoms with Gasteiger partial charge < -0.3 is 14.4 Å². The van der Waals surface area contributed by atoms with Gasteiger partial charge in [-0.3, -0.25) is 14.9 Å². The number of methoxy groups -OCH3 is 2. The molecule has 0 spiro atoms. The highest BCUT2D eigenvalue weighted by molar-refractivity contribution is 5.70. The minimum atomic E-state index is -0.433. The largest absolute Gasteiger partial charge is 0.469 e. The van der Waals surface area contributed by atoms with Crippen molar-refractivity contribution in [2.24, 2.45) is 0 Å². The molecular formula is C14H20N2O5. The highest BCUT2D eigenvalue weighted by atomic mass is 16.6. The van der Waals surface area contributed by atoms with Gasteiger partial charge in [0, 0.05) is 38.0 Å². The average Bonchev–Trinajstić information content (AvgIpc) is 2.47. The van der Waals surface area contributed by atoms with Crippen LogP contribution in [-0.2, 0) is 14.3 Å². The minimum Gasteiger partial charge on any atom is -0.469 e. The third-order valence-electron chi connectivity index (χ3n) is 3.12. The summed E-state index contributed by atoms with van der Waals surface area (Å²) in [4.78, 5) is 23.7. The van der Waals surface area contributed by atoms with E-state index in [0.717, 1.165) is 11.3 Å². The summed E-state index contributed by atoms with van der Waals surface area (Å²) in [7, 11) is 2.92. The number of nitro benzene ring substituents is 1. The molecule has 0 aromatic heterocycles. The van der Waals surface area contributed by atoms with Crippen molar-refractivity contribution < 1.29 is 19.2 Å². The molecule has 0 aliphatic carbocycles. The summed E-state index contributed by atoms with van der Waals surface area (Å²) in [6.07, 6.45) is 0.211. The fourth-order valence-electron chi connectivity index (χ4n) is 1.93. The first-order valence-corrected chi connectivity index (χ1v) is 6.55. The summed E-state index contributed by atoms with van der Waals surface area (Å²) < 4.78 is 9.68. The van der Waals surface area contributed by atoms with Gasteiger partial charge in [-0.15, -0.1) is 0 Å². The van der Waals surface area contributed by atoms with Crippen LogP contribution in [0, 0.1) is 17.0 Å². The van der Waals surface area contributed by atoms with E-state index in [0.29, 0.717) is 19.7 Å². The van der Waals surface area contributed by atoms with E-state index >= 15 is 0 Å². The van der Waals surface area contributed by atoms with Crippen molar-refractivity contribution in [2.75, 3.05) is 38.8 Å². The normalized spacial score (nSPS) is 10.2. The van der Waals surface area contributed by atoms with Gasteiger partial charge in [-0.25, -0.2) is 0 Å². The Bertz CT molecular complexity index is 504. The molecule has 0 amide bonds. The quantitative estimate of drug-likeness (QED) is 0.414. The number of non-ortho nitro benzene ring substituents is 1. The van der Waals surface area contributed by atoms with Crippen LogP contribution >= 0.6 is 0 Å². The van der Waals surface area contributed by atoms with E-state index in [4.69, 9.17) is 4.74 Å². The van der Waals surface area contributed by atoms with Crippen molar-refractivity contribution in [3.05, 3.63) is 33.9 Å². The Balaban J connectivity index is 2.97. The van der Waals surface area contributed by atoms with Gasteiger partial charge in [-0.2, -0.15) is 0 Å². The molecule has 0 heterocycles. The lowest BCUT2D eigenvalue weighted by Gasteiger charge is -2.25. The van der Waals surface area contributed by atoms with Crippen molar-refractivity contribution in [1.82, 2.24) is 0 Å². The molecule has 0 unspecified atom stereocenters. The van der Waals surface area contributed by atoms with Crippen molar-refractivity contribution in [1.29, 1.82) is 0 Å². The summed E-state index contributed by atoms with van der Waals surface area (Å²) in [6.45, 7) is 3.29. The van der Waals surface area contributed by atoms with Crippen molar-refractivity contribution in [3.8, 4) is 0 Å². The second-order valence-corrected chi connectivity index (χ2v) is 4.53. The van der Waals surface area contributed by atoms with Gasteiger partial charge in [0.05, 0.1) is 25.1 Å². The molecule has 0 aliphatic heterocycles. The molecule has 116 valence electrons. The first kappa shape index (κ1) is 16.9. The molecule has 7 heteroatoms. The van der Waals surface area contributed by atoms with Gasteiger partial charge in [-0.05, 0) is 12.5 Å². The van der Waals surface area contributed by atoms with Crippen LogP contribution in [0.2, 0.25) is 0 Å². The lowest BCUT2D eigenvalue weighted by molar-refractivity contribution is -0.384. The van der Waals surface area contributed by atoms with Crippen LogP contribution in [0.1, 0.15) is 12.0 Å². The molecule has 1 rings (SSSR count). The van der Waals surface area contributed by atoms with Crippen LogP contribution in [0.15, 0.2) is 18.2 Å². The lowest BCUT2D eigenvalue weighted by Crippen LogP contribution is -2.30. The number of aryl methyl sites for hydroxylation is 1. The van der Waals surface area contributed by atoms with Crippen LogP contribution < -0.4 is 4.90 Å². The molecule has 21 heavy (non-hydrogen) atoms. The standard InChI is InChI=1S/C14H20N2O5/c1-11-4-5-12(16(18)19)10-13(11)15(8-9-20-2)7-6-14(17)21-3/h4-5,10H,6-9H2,1-3H3. The Morgan fingerprint density at radius 3 is 2.62 bits per heavy atom. The molecule has 0 atom stereocenters. The van der Waals surface area contributed by atoms with Gasteiger partial charge in [0.15, 0.2) is 0 Å². The van der Waals surface area contributed by atoms with Crippen LogP contribution in [-0.4, -0.2) is 44.8 Å². The number of anilines is 1. The van der Waals surface area contributed by atoms with Crippen LogP contribution in [0.25, 0.3) is 0 Å². The Kier molecular flexibility index (Phi) is 6.61. The zero-order chi connectivity index (χ0) is 15.8. The van der Waals surface area contributed by atoms with E-state index in [9.17, 15) is 14.9 Å². The van der Waals surface area contributed by atoms with E-state index in [1.54, 1.807) is 13.2 Å². The number of ether oxygens (including phenoxy) is 2. The highest BCUT2D eigenvalue weighted by Gasteiger charge is 2.15. The number of esters is 1. The molecular weight excluding hydrogens is 276 g/mol.